The Balaban J connectivity index is 1.14. The van der Waals surface area contributed by atoms with Gasteiger partial charge >= 0.3 is 0 Å². The third-order valence-corrected chi connectivity index (χ3v) is 7.12. The molecule has 0 amide bonds. The molecule has 2 aliphatic heterocycles. The third-order valence-electron chi connectivity index (χ3n) is 7.12. The van der Waals surface area contributed by atoms with Crippen LogP contribution >= 0.6 is 0 Å². The minimum absolute atomic E-state index is 0.244. The highest BCUT2D eigenvalue weighted by Crippen LogP contribution is 2.34. The molecule has 3 heterocycles. The average Bonchev–Trinajstić information content (AvgIpc) is 3.08. The predicted molar refractivity (Wildman–Crippen MR) is 152 cm³/mol. The topological polar surface area (TPSA) is 88.3 Å². The van der Waals surface area contributed by atoms with Crippen LogP contribution in [-0.2, 0) is 6.54 Å². The molecule has 0 atom stereocenters. The summed E-state index contributed by atoms with van der Waals surface area (Å²) in [4.78, 5) is 8.61. The number of anilines is 3. The number of nitrogens with one attached hydrogen (secondary N) is 3. The summed E-state index contributed by atoms with van der Waals surface area (Å²) in [6.07, 6.45) is 4.00. The van der Waals surface area contributed by atoms with E-state index in [0.717, 1.165) is 55.0 Å². The number of piperidine rings is 1. The third kappa shape index (κ3) is 4.88. The second-order valence-corrected chi connectivity index (χ2v) is 9.68. The molecular formula is C31H30N6O. The molecule has 0 spiro atoms. The summed E-state index contributed by atoms with van der Waals surface area (Å²) in [5.41, 5.74) is 4.18. The molecule has 38 heavy (non-hydrogen) atoms. The van der Waals surface area contributed by atoms with Gasteiger partial charge in [-0.3, -0.25) is 20.6 Å². The van der Waals surface area contributed by atoms with Gasteiger partial charge < -0.3 is 10.1 Å². The van der Waals surface area contributed by atoms with Gasteiger partial charge in [0.05, 0.1) is 11.4 Å². The Bertz CT molecular complexity index is 1440. The fraction of sp³-hybridized carbons (Fsp3) is 0.194. The van der Waals surface area contributed by atoms with Crippen LogP contribution in [0.4, 0.5) is 17.2 Å². The number of hydrogen-bond acceptors (Lipinski definition) is 6. The summed E-state index contributed by atoms with van der Waals surface area (Å²) in [5, 5.41) is 21.4. The summed E-state index contributed by atoms with van der Waals surface area (Å²) >= 11 is 0. The van der Waals surface area contributed by atoms with Crippen LogP contribution in [0.5, 0.6) is 5.75 Å². The van der Waals surface area contributed by atoms with Crippen LogP contribution in [0.25, 0.3) is 0 Å². The maximum Gasteiger partial charge on any atom is 0.154 e. The Morgan fingerprint density at radius 1 is 0.895 bits per heavy atom. The molecule has 1 saturated heterocycles. The second-order valence-electron chi connectivity index (χ2n) is 9.68. The molecule has 0 aliphatic carbocycles. The van der Waals surface area contributed by atoms with Gasteiger partial charge in [0.1, 0.15) is 23.5 Å². The zero-order valence-corrected chi connectivity index (χ0v) is 21.1. The Hall–Kier alpha value is -4.49. The largest absolute Gasteiger partial charge is 0.490 e. The van der Waals surface area contributed by atoms with Gasteiger partial charge in [0.2, 0.25) is 0 Å². The number of benzene rings is 3. The van der Waals surface area contributed by atoms with Crippen molar-refractivity contribution in [1.82, 2.24) is 9.88 Å². The minimum Gasteiger partial charge on any atom is -0.490 e. The fourth-order valence-electron chi connectivity index (χ4n) is 5.10. The van der Waals surface area contributed by atoms with Crippen molar-refractivity contribution < 1.29 is 4.74 Å². The quantitative estimate of drug-likeness (QED) is 0.229. The van der Waals surface area contributed by atoms with Crippen molar-refractivity contribution in [2.24, 2.45) is 0 Å². The molecule has 6 rings (SSSR count). The predicted octanol–water partition coefficient (Wildman–Crippen LogP) is 6.04. The highest BCUT2D eigenvalue weighted by atomic mass is 16.5. The number of amidine groups is 2. The van der Waals surface area contributed by atoms with Crippen LogP contribution in [0, 0.1) is 10.8 Å². The zero-order valence-electron chi connectivity index (χ0n) is 21.1. The number of para-hydroxylation sites is 2. The van der Waals surface area contributed by atoms with Crippen molar-refractivity contribution in [3.05, 3.63) is 114 Å². The molecular weight excluding hydrogens is 472 g/mol. The van der Waals surface area contributed by atoms with E-state index in [1.54, 1.807) is 11.1 Å². The van der Waals surface area contributed by atoms with E-state index in [0.29, 0.717) is 11.5 Å². The fourth-order valence-corrected chi connectivity index (χ4v) is 5.10. The van der Waals surface area contributed by atoms with Crippen LogP contribution in [-0.4, -0.2) is 40.7 Å². The van der Waals surface area contributed by atoms with E-state index in [1.165, 1.54) is 5.56 Å². The molecule has 1 fully saturated rings. The number of fused-ring (bicyclic) bond motifs is 2. The maximum absolute atomic E-state index is 9.07. The maximum atomic E-state index is 9.07. The Morgan fingerprint density at radius 3 is 2.42 bits per heavy atom. The number of hydrogen-bond donors (Lipinski definition) is 3. The first kappa shape index (κ1) is 23.9. The van der Waals surface area contributed by atoms with Crippen molar-refractivity contribution in [1.29, 1.82) is 10.8 Å². The van der Waals surface area contributed by atoms with Crippen LogP contribution in [0.15, 0.2) is 97.2 Å². The lowest BCUT2D eigenvalue weighted by Gasteiger charge is -2.32. The summed E-state index contributed by atoms with van der Waals surface area (Å²) < 4.78 is 6.14. The van der Waals surface area contributed by atoms with Gasteiger partial charge in [0.25, 0.3) is 0 Å². The van der Waals surface area contributed by atoms with Gasteiger partial charge in [0, 0.05) is 37.0 Å². The molecule has 0 bridgehead atoms. The number of pyridine rings is 1. The highest BCUT2D eigenvalue weighted by molar-refractivity contribution is 6.30. The average molecular weight is 503 g/mol. The number of likely N-dealkylation sites (tertiary alicyclic amines) is 1. The molecule has 7 heteroatoms. The molecule has 2 aliphatic rings. The number of aromatic nitrogens is 1. The normalized spacial score (nSPS) is 15.7. The van der Waals surface area contributed by atoms with E-state index in [-0.39, 0.29) is 17.8 Å². The second kappa shape index (κ2) is 10.5. The Labute approximate surface area is 222 Å². The highest BCUT2D eigenvalue weighted by Gasteiger charge is 2.28. The monoisotopic (exact) mass is 502 g/mol. The lowest BCUT2D eigenvalue weighted by molar-refractivity contribution is 0.0968. The van der Waals surface area contributed by atoms with Gasteiger partial charge in [-0.15, -0.1) is 0 Å². The van der Waals surface area contributed by atoms with E-state index in [2.05, 4.69) is 27.3 Å². The van der Waals surface area contributed by atoms with Gasteiger partial charge in [-0.2, -0.15) is 0 Å². The van der Waals surface area contributed by atoms with Crippen LogP contribution in [0.1, 0.15) is 29.5 Å². The van der Waals surface area contributed by atoms with Crippen LogP contribution < -0.4 is 15.0 Å². The number of rotatable bonds is 5. The molecule has 3 aromatic carbocycles. The molecule has 0 saturated carbocycles. The molecule has 3 N–H and O–H groups in total. The van der Waals surface area contributed by atoms with Crippen molar-refractivity contribution in [2.45, 2.75) is 25.5 Å². The van der Waals surface area contributed by atoms with E-state index in [4.69, 9.17) is 15.6 Å². The summed E-state index contributed by atoms with van der Waals surface area (Å²) in [6.45, 7) is 2.86. The van der Waals surface area contributed by atoms with E-state index >= 15 is 0 Å². The molecule has 0 radical (unpaired) electrons. The van der Waals surface area contributed by atoms with Gasteiger partial charge in [-0.05, 0) is 54.8 Å². The van der Waals surface area contributed by atoms with E-state index in [9.17, 15) is 0 Å². The van der Waals surface area contributed by atoms with Crippen LogP contribution in [0.2, 0.25) is 0 Å². The van der Waals surface area contributed by atoms with Gasteiger partial charge in [-0.25, -0.2) is 4.98 Å². The molecule has 0 unspecified atom stereocenters. The lowest BCUT2D eigenvalue weighted by atomic mass is 10.0. The van der Waals surface area contributed by atoms with Crippen molar-refractivity contribution in [3.63, 3.8) is 0 Å². The first-order valence-electron chi connectivity index (χ1n) is 13.0. The first-order valence-corrected chi connectivity index (χ1v) is 13.0. The van der Waals surface area contributed by atoms with Crippen LogP contribution in [0.3, 0.4) is 0 Å². The minimum atomic E-state index is 0.244. The lowest BCUT2D eigenvalue weighted by Crippen LogP contribution is -2.38. The summed E-state index contributed by atoms with van der Waals surface area (Å²) in [5.74, 6) is 2.06. The SMILES string of the molecule is N=C(c1ccc(CN2CCC(Oc3ccccc3)CC2)cc1)N1C(=N)c2ccccc2Nc2ncccc21. The number of nitrogens with zero attached hydrogens (tertiary/aromatic N) is 3. The molecule has 190 valence electrons. The molecule has 7 nitrogen and oxygen atoms in total. The van der Waals surface area contributed by atoms with Gasteiger partial charge in [-0.1, -0.05) is 54.6 Å². The van der Waals surface area contributed by atoms with Crippen molar-refractivity contribution in [2.75, 3.05) is 23.3 Å². The van der Waals surface area contributed by atoms with E-state index in [1.807, 2.05) is 78.9 Å². The summed E-state index contributed by atoms with van der Waals surface area (Å²) in [7, 11) is 0. The zero-order chi connectivity index (χ0) is 25.9. The first-order chi connectivity index (χ1) is 18.7. The molecule has 1 aromatic heterocycles. The summed E-state index contributed by atoms with van der Waals surface area (Å²) in [6, 6.07) is 29.6. The van der Waals surface area contributed by atoms with E-state index < -0.39 is 0 Å². The smallest absolute Gasteiger partial charge is 0.154 e. The number of ether oxygens (including phenoxy) is 1. The Kier molecular flexibility index (Phi) is 6.58. The molecule has 4 aromatic rings. The standard InChI is InChI=1S/C31H30N6O/c32-29(37-28-11-6-18-34-31(28)35-27-10-5-4-9-26(27)30(37)33)23-14-12-22(13-15-23)21-36-19-16-25(17-20-36)38-24-7-2-1-3-8-24/h1-15,18,25,32-33H,16-17,19-21H2,(H,34,35). The Morgan fingerprint density at radius 2 is 1.63 bits per heavy atom. The van der Waals surface area contributed by atoms with Crippen molar-refractivity contribution in [3.8, 4) is 5.75 Å². The van der Waals surface area contributed by atoms with Crippen molar-refractivity contribution >= 4 is 28.9 Å². The van der Waals surface area contributed by atoms with Gasteiger partial charge in [0.15, 0.2) is 5.82 Å².